The molecule has 0 bridgehead atoms. The monoisotopic (exact) mass is 268 g/mol. The minimum absolute atomic E-state index is 0.00139. The van der Waals surface area contributed by atoms with Crippen LogP contribution in [0.25, 0.3) is 10.8 Å². The number of benzene rings is 1. The summed E-state index contributed by atoms with van der Waals surface area (Å²) in [5, 5.41) is 7.49. The van der Waals surface area contributed by atoms with E-state index in [4.69, 9.17) is 0 Å². The highest BCUT2D eigenvalue weighted by Gasteiger charge is 2.16. The Balaban J connectivity index is 2.60. The largest absolute Gasteiger partial charge is 0.294 e. The number of unbranched alkanes of at least 4 members (excludes halogenated alkanes) is 1. The SMILES string of the molecule is CCCCc1cc2[c]s[c]c2cc1S(=O)(=O)O. The summed E-state index contributed by atoms with van der Waals surface area (Å²) < 4.78 is 31.9. The van der Waals surface area contributed by atoms with Crippen molar-refractivity contribution >= 4 is 32.2 Å². The molecule has 1 heterocycles. The summed E-state index contributed by atoms with van der Waals surface area (Å²) in [7, 11) is -4.16. The Morgan fingerprint density at radius 1 is 1.29 bits per heavy atom. The van der Waals surface area contributed by atoms with Gasteiger partial charge in [0.1, 0.15) is 0 Å². The number of thiophene rings is 1. The van der Waals surface area contributed by atoms with Gasteiger partial charge in [-0.3, -0.25) is 4.55 Å². The third-order valence-electron chi connectivity index (χ3n) is 2.60. The molecule has 3 nitrogen and oxygen atoms in total. The first kappa shape index (κ1) is 12.5. The van der Waals surface area contributed by atoms with E-state index >= 15 is 0 Å². The summed E-state index contributed by atoms with van der Waals surface area (Å²) in [6, 6.07) is 3.25. The van der Waals surface area contributed by atoms with Gasteiger partial charge in [-0.25, -0.2) is 0 Å². The predicted octanol–water partition coefficient (Wildman–Crippen LogP) is 3.09. The fourth-order valence-corrected chi connectivity index (χ4v) is 3.10. The van der Waals surface area contributed by atoms with Crippen molar-refractivity contribution in [1.82, 2.24) is 0 Å². The molecule has 0 aliphatic carbocycles. The van der Waals surface area contributed by atoms with E-state index in [1.165, 1.54) is 17.4 Å². The molecule has 0 amide bonds. The van der Waals surface area contributed by atoms with E-state index in [2.05, 4.69) is 10.8 Å². The molecule has 5 heteroatoms. The summed E-state index contributed by atoms with van der Waals surface area (Å²) in [4.78, 5) is 0.00139. The van der Waals surface area contributed by atoms with Crippen molar-refractivity contribution in [3.05, 3.63) is 28.5 Å². The van der Waals surface area contributed by atoms with Crippen molar-refractivity contribution in [3.63, 3.8) is 0 Å². The van der Waals surface area contributed by atoms with Crippen molar-refractivity contribution in [1.29, 1.82) is 0 Å². The Morgan fingerprint density at radius 3 is 2.53 bits per heavy atom. The second kappa shape index (κ2) is 4.76. The Kier molecular flexibility index (Phi) is 3.51. The Labute approximate surface area is 105 Å². The number of rotatable bonds is 4. The highest BCUT2D eigenvalue weighted by Crippen LogP contribution is 2.26. The Hall–Kier alpha value is -0.910. The molecule has 1 aromatic heterocycles. The van der Waals surface area contributed by atoms with Gasteiger partial charge in [0.05, 0.1) is 15.7 Å². The van der Waals surface area contributed by atoms with Crippen molar-refractivity contribution in [2.75, 3.05) is 0 Å². The zero-order valence-electron chi connectivity index (χ0n) is 9.36. The first-order valence-electron chi connectivity index (χ1n) is 5.34. The Bertz CT molecular complexity index is 626. The van der Waals surface area contributed by atoms with Crippen LogP contribution in [0.5, 0.6) is 0 Å². The molecule has 0 aliphatic heterocycles. The molecule has 0 saturated carbocycles. The molecule has 17 heavy (non-hydrogen) atoms. The Morgan fingerprint density at radius 2 is 1.94 bits per heavy atom. The number of hydrogen-bond acceptors (Lipinski definition) is 3. The van der Waals surface area contributed by atoms with E-state index in [-0.39, 0.29) is 4.90 Å². The van der Waals surface area contributed by atoms with Gasteiger partial charge < -0.3 is 0 Å². The maximum absolute atomic E-state index is 11.3. The fraction of sp³-hybridized carbons (Fsp3) is 0.333. The van der Waals surface area contributed by atoms with Gasteiger partial charge in [0.2, 0.25) is 0 Å². The molecule has 0 fully saturated rings. The fourth-order valence-electron chi connectivity index (χ4n) is 1.73. The van der Waals surface area contributed by atoms with Crippen LogP contribution in [0.15, 0.2) is 17.0 Å². The van der Waals surface area contributed by atoms with Crippen molar-refractivity contribution < 1.29 is 13.0 Å². The van der Waals surface area contributed by atoms with Gasteiger partial charge in [-0.2, -0.15) is 8.42 Å². The van der Waals surface area contributed by atoms with Crippen molar-refractivity contribution in [2.24, 2.45) is 0 Å². The van der Waals surface area contributed by atoms with Crippen LogP contribution in [0.4, 0.5) is 0 Å². The molecule has 2 rings (SSSR count). The molecule has 0 atom stereocenters. The van der Waals surface area contributed by atoms with Gasteiger partial charge in [-0.15, -0.1) is 11.3 Å². The minimum Gasteiger partial charge on any atom is -0.282 e. The highest BCUT2D eigenvalue weighted by molar-refractivity contribution is 7.85. The molecule has 2 radical (unpaired) electrons. The predicted molar refractivity (Wildman–Crippen MR) is 67.9 cm³/mol. The average Bonchev–Trinajstić information content (AvgIpc) is 2.70. The maximum Gasteiger partial charge on any atom is 0.294 e. The lowest BCUT2D eigenvalue weighted by Gasteiger charge is -2.07. The van der Waals surface area contributed by atoms with E-state index in [1.54, 1.807) is 6.07 Å². The summed E-state index contributed by atoms with van der Waals surface area (Å²) >= 11 is 1.28. The third-order valence-corrected chi connectivity index (χ3v) is 4.18. The van der Waals surface area contributed by atoms with Crippen LogP contribution < -0.4 is 0 Å². The van der Waals surface area contributed by atoms with Crippen LogP contribution in [-0.2, 0) is 16.5 Å². The van der Waals surface area contributed by atoms with Crippen LogP contribution in [0, 0.1) is 10.8 Å². The highest BCUT2D eigenvalue weighted by atomic mass is 32.2. The van der Waals surface area contributed by atoms with Gasteiger partial charge in [-0.1, -0.05) is 13.3 Å². The summed E-state index contributed by atoms with van der Waals surface area (Å²) in [6.45, 7) is 2.04. The second-order valence-corrected chi connectivity index (χ2v) is 5.89. The lowest BCUT2D eigenvalue weighted by Crippen LogP contribution is -2.03. The van der Waals surface area contributed by atoms with Gasteiger partial charge >= 0.3 is 0 Å². The minimum atomic E-state index is -4.16. The lowest BCUT2D eigenvalue weighted by atomic mass is 10.1. The van der Waals surface area contributed by atoms with Crippen molar-refractivity contribution in [3.8, 4) is 0 Å². The number of hydrogen-bond donors (Lipinski definition) is 1. The quantitative estimate of drug-likeness (QED) is 0.867. The molecule has 0 aliphatic rings. The average molecular weight is 268 g/mol. The maximum atomic E-state index is 11.3. The van der Waals surface area contributed by atoms with E-state index in [0.717, 1.165) is 18.2 Å². The van der Waals surface area contributed by atoms with Gasteiger partial charge in [0.25, 0.3) is 10.1 Å². The second-order valence-electron chi connectivity index (χ2n) is 3.89. The van der Waals surface area contributed by atoms with E-state index < -0.39 is 10.1 Å². The van der Waals surface area contributed by atoms with Crippen LogP contribution in [0.3, 0.4) is 0 Å². The van der Waals surface area contributed by atoms with E-state index in [0.29, 0.717) is 17.4 Å². The van der Waals surface area contributed by atoms with Crippen LogP contribution in [0.2, 0.25) is 0 Å². The molecule has 2 aromatic rings. The standard InChI is InChI=1S/C12H12O3S2/c1-2-3-4-9-5-10-7-16-8-11(10)6-12(9)17(13,14)15/h5-6H,2-4H2,1H3,(H,13,14,15). The first-order valence-corrected chi connectivity index (χ1v) is 7.60. The van der Waals surface area contributed by atoms with Crippen LogP contribution in [0.1, 0.15) is 25.3 Å². The van der Waals surface area contributed by atoms with Gasteiger partial charge in [0, 0.05) is 10.8 Å². The molecular formula is C12H12O3S2. The topological polar surface area (TPSA) is 54.4 Å². The summed E-state index contributed by atoms with van der Waals surface area (Å²) in [5.74, 6) is 0. The lowest BCUT2D eigenvalue weighted by molar-refractivity contribution is 0.482. The number of aryl methyl sites for hydroxylation is 1. The van der Waals surface area contributed by atoms with Crippen LogP contribution in [-0.4, -0.2) is 13.0 Å². The molecule has 90 valence electrons. The third kappa shape index (κ3) is 2.68. The van der Waals surface area contributed by atoms with E-state index in [1.807, 2.05) is 6.92 Å². The van der Waals surface area contributed by atoms with Gasteiger partial charge in [0.15, 0.2) is 0 Å². The number of fused-ring (bicyclic) bond motifs is 1. The smallest absolute Gasteiger partial charge is 0.282 e. The first-order chi connectivity index (χ1) is 8.02. The molecule has 1 aromatic carbocycles. The molecule has 0 unspecified atom stereocenters. The zero-order chi connectivity index (χ0) is 12.5. The normalized spacial score (nSPS) is 12.1. The summed E-state index contributed by atoms with van der Waals surface area (Å²) in [6.07, 6.45) is 2.51. The molecule has 0 saturated heterocycles. The van der Waals surface area contributed by atoms with Crippen LogP contribution >= 0.6 is 11.3 Å². The zero-order valence-corrected chi connectivity index (χ0v) is 11.0. The summed E-state index contributed by atoms with van der Waals surface area (Å²) in [5.41, 5.74) is 0.657. The van der Waals surface area contributed by atoms with Crippen molar-refractivity contribution in [2.45, 2.75) is 31.1 Å². The molecular weight excluding hydrogens is 256 g/mol. The van der Waals surface area contributed by atoms with Gasteiger partial charge in [-0.05, 0) is 30.5 Å². The van der Waals surface area contributed by atoms with E-state index in [9.17, 15) is 13.0 Å². The molecule has 1 N–H and O–H groups in total. The molecule has 0 spiro atoms.